The molecule has 62 valence electrons. The zero-order valence-corrected chi connectivity index (χ0v) is 8.23. The SMILES string of the molecule is CC(CN(C)C)C(C)(C)C. The van der Waals surface area contributed by atoms with Crippen LogP contribution in [0.3, 0.4) is 0 Å². The van der Waals surface area contributed by atoms with Crippen molar-refractivity contribution in [2.45, 2.75) is 27.7 Å². The first-order valence-corrected chi connectivity index (χ1v) is 3.98. The van der Waals surface area contributed by atoms with E-state index in [4.69, 9.17) is 0 Å². The van der Waals surface area contributed by atoms with E-state index in [1.807, 2.05) is 0 Å². The van der Waals surface area contributed by atoms with Crippen LogP contribution in [0, 0.1) is 11.3 Å². The second kappa shape index (κ2) is 3.38. The van der Waals surface area contributed by atoms with Crippen LogP contribution in [0.5, 0.6) is 0 Å². The Hall–Kier alpha value is -0.0400. The second-order valence-corrected chi connectivity index (χ2v) is 4.53. The summed E-state index contributed by atoms with van der Waals surface area (Å²) in [5, 5.41) is 0. The van der Waals surface area contributed by atoms with E-state index in [2.05, 4.69) is 46.7 Å². The normalized spacial score (nSPS) is 15.9. The van der Waals surface area contributed by atoms with Gasteiger partial charge in [-0.15, -0.1) is 0 Å². The molecule has 0 aromatic carbocycles. The molecule has 0 spiro atoms. The molecule has 10 heavy (non-hydrogen) atoms. The first-order valence-electron chi connectivity index (χ1n) is 3.98. The summed E-state index contributed by atoms with van der Waals surface area (Å²) in [6, 6.07) is 0. The van der Waals surface area contributed by atoms with Crippen LogP contribution >= 0.6 is 0 Å². The van der Waals surface area contributed by atoms with Gasteiger partial charge in [-0.25, -0.2) is 0 Å². The van der Waals surface area contributed by atoms with Gasteiger partial charge in [0.1, 0.15) is 0 Å². The second-order valence-electron chi connectivity index (χ2n) is 4.53. The molecule has 0 bridgehead atoms. The van der Waals surface area contributed by atoms with E-state index < -0.39 is 0 Å². The van der Waals surface area contributed by atoms with Crippen molar-refractivity contribution in [1.82, 2.24) is 4.90 Å². The molecular weight excluding hydrogens is 122 g/mol. The van der Waals surface area contributed by atoms with E-state index in [9.17, 15) is 0 Å². The van der Waals surface area contributed by atoms with E-state index in [0.717, 1.165) is 5.92 Å². The fourth-order valence-electron chi connectivity index (χ4n) is 0.822. The van der Waals surface area contributed by atoms with Crippen LogP contribution in [-0.2, 0) is 0 Å². The molecule has 0 rings (SSSR count). The first kappa shape index (κ1) is 9.96. The molecule has 0 saturated heterocycles. The van der Waals surface area contributed by atoms with Gasteiger partial charge < -0.3 is 4.90 Å². The summed E-state index contributed by atoms with van der Waals surface area (Å²) >= 11 is 0. The highest BCUT2D eigenvalue weighted by Gasteiger charge is 2.19. The molecule has 0 aliphatic heterocycles. The Bertz CT molecular complexity index is 89.4. The summed E-state index contributed by atoms with van der Waals surface area (Å²) < 4.78 is 0. The van der Waals surface area contributed by atoms with Crippen molar-refractivity contribution in [3.05, 3.63) is 0 Å². The molecule has 1 atom stereocenters. The molecule has 0 amide bonds. The summed E-state index contributed by atoms with van der Waals surface area (Å²) in [4.78, 5) is 2.25. The Morgan fingerprint density at radius 2 is 1.60 bits per heavy atom. The van der Waals surface area contributed by atoms with Crippen molar-refractivity contribution < 1.29 is 0 Å². The molecule has 1 heteroatoms. The maximum Gasteiger partial charge on any atom is 0.000592 e. The third-order valence-electron chi connectivity index (χ3n) is 2.12. The van der Waals surface area contributed by atoms with Crippen LogP contribution in [0.1, 0.15) is 27.7 Å². The lowest BCUT2D eigenvalue weighted by Crippen LogP contribution is -2.28. The van der Waals surface area contributed by atoms with Crippen molar-refractivity contribution in [3.8, 4) is 0 Å². The number of hydrogen-bond donors (Lipinski definition) is 0. The van der Waals surface area contributed by atoms with Gasteiger partial charge in [0.2, 0.25) is 0 Å². The monoisotopic (exact) mass is 143 g/mol. The first-order chi connectivity index (χ1) is 4.34. The Morgan fingerprint density at radius 1 is 1.20 bits per heavy atom. The molecule has 0 aromatic heterocycles. The Kier molecular flexibility index (Phi) is 3.37. The summed E-state index contributed by atoms with van der Waals surface area (Å²) in [6.45, 7) is 10.4. The minimum atomic E-state index is 0.449. The minimum Gasteiger partial charge on any atom is -0.309 e. The predicted octanol–water partition coefficient (Wildman–Crippen LogP) is 2.23. The van der Waals surface area contributed by atoms with Gasteiger partial charge in [0.15, 0.2) is 0 Å². The Balaban J connectivity index is 3.73. The maximum atomic E-state index is 2.31. The van der Waals surface area contributed by atoms with E-state index in [0.29, 0.717) is 5.41 Å². The molecule has 0 N–H and O–H groups in total. The average Bonchev–Trinajstić information content (AvgIpc) is 1.60. The molecule has 0 saturated carbocycles. The zero-order valence-electron chi connectivity index (χ0n) is 8.23. The lowest BCUT2D eigenvalue weighted by molar-refractivity contribution is 0.202. The summed E-state index contributed by atoms with van der Waals surface area (Å²) in [5.41, 5.74) is 0.449. The average molecular weight is 143 g/mol. The molecule has 1 nitrogen and oxygen atoms in total. The highest BCUT2D eigenvalue weighted by molar-refractivity contribution is 4.71. The third kappa shape index (κ3) is 3.89. The minimum absolute atomic E-state index is 0.449. The van der Waals surface area contributed by atoms with Gasteiger partial charge in [-0.3, -0.25) is 0 Å². The van der Waals surface area contributed by atoms with Crippen LogP contribution in [-0.4, -0.2) is 25.5 Å². The van der Waals surface area contributed by atoms with Gasteiger partial charge in [0, 0.05) is 6.54 Å². The van der Waals surface area contributed by atoms with E-state index in [-0.39, 0.29) is 0 Å². The van der Waals surface area contributed by atoms with Crippen molar-refractivity contribution in [3.63, 3.8) is 0 Å². The van der Waals surface area contributed by atoms with Gasteiger partial charge >= 0.3 is 0 Å². The molecule has 0 aliphatic rings. The lowest BCUT2D eigenvalue weighted by atomic mass is 9.82. The Labute approximate surface area is 65.4 Å². The van der Waals surface area contributed by atoms with Gasteiger partial charge in [0.25, 0.3) is 0 Å². The summed E-state index contributed by atoms with van der Waals surface area (Å²) in [7, 11) is 4.25. The molecule has 0 fully saturated rings. The number of nitrogens with zero attached hydrogens (tertiary/aromatic N) is 1. The number of hydrogen-bond acceptors (Lipinski definition) is 1. The fraction of sp³-hybridized carbons (Fsp3) is 1.00. The van der Waals surface area contributed by atoms with Crippen molar-refractivity contribution in [2.75, 3.05) is 20.6 Å². The van der Waals surface area contributed by atoms with Gasteiger partial charge in [-0.1, -0.05) is 27.7 Å². The molecule has 0 aliphatic carbocycles. The fourth-order valence-corrected chi connectivity index (χ4v) is 0.822. The third-order valence-corrected chi connectivity index (χ3v) is 2.12. The standard InChI is InChI=1S/C9H21N/c1-8(7-10(5)6)9(2,3)4/h8H,7H2,1-6H3. The zero-order chi connectivity index (χ0) is 8.36. The van der Waals surface area contributed by atoms with E-state index in [1.54, 1.807) is 0 Å². The highest BCUT2D eigenvalue weighted by atomic mass is 15.1. The molecule has 0 radical (unpaired) electrons. The van der Waals surface area contributed by atoms with Crippen molar-refractivity contribution >= 4 is 0 Å². The molecule has 0 aromatic rings. The van der Waals surface area contributed by atoms with Gasteiger partial charge in [0.05, 0.1) is 0 Å². The molecule has 1 unspecified atom stereocenters. The van der Waals surface area contributed by atoms with Crippen LogP contribution in [0.2, 0.25) is 0 Å². The maximum absolute atomic E-state index is 2.31. The van der Waals surface area contributed by atoms with E-state index in [1.165, 1.54) is 6.54 Å². The van der Waals surface area contributed by atoms with Crippen molar-refractivity contribution in [2.24, 2.45) is 11.3 Å². The van der Waals surface area contributed by atoms with E-state index >= 15 is 0 Å². The van der Waals surface area contributed by atoms with Crippen LogP contribution < -0.4 is 0 Å². The Morgan fingerprint density at radius 3 is 1.70 bits per heavy atom. The van der Waals surface area contributed by atoms with Crippen LogP contribution in [0.25, 0.3) is 0 Å². The largest absolute Gasteiger partial charge is 0.309 e. The lowest BCUT2D eigenvalue weighted by Gasteiger charge is -2.29. The smallest absolute Gasteiger partial charge is 0.000592 e. The quantitative estimate of drug-likeness (QED) is 0.573. The van der Waals surface area contributed by atoms with Gasteiger partial charge in [-0.05, 0) is 25.4 Å². The molecular formula is C9H21N. The van der Waals surface area contributed by atoms with Crippen LogP contribution in [0.4, 0.5) is 0 Å². The summed E-state index contributed by atoms with van der Waals surface area (Å²) in [6.07, 6.45) is 0. The van der Waals surface area contributed by atoms with Gasteiger partial charge in [-0.2, -0.15) is 0 Å². The van der Waals surface area contributed by atoms with Crippen molar-refractivity contribution in [1.29, 1.82) is 0 Å². The number of rotatable bonds is 2. The molecule has 0 heterocycles. The topological polar surface area (TPSA) is 3.24 Å². The summed E-state index contributed by atoms with van der Waals surface area (Å²) in [5.74, 6) is 0.766. The van der Waals surface area contributed by atoms with Crippen LogP contribution in [0.15, 0.2) is 0 Å². The highest BCUT2D eigenvalue weighted by Crippen LogP contribution is 2.25. The predicted molar refractivity (Wildman–Crippen MR) is 47.2 cm³/mol.